The lowest BCUT2D eigenvalue weighted by Gasteiger charge is -2.00. The van der Waals surface area contributed by atoms with Crippen molar-refractivity contribution in [3.8, 4) is 0 Å². The Kier molecular flexibility index (Phi) is 3.55. The minimum Gasteiger partial charge on any atom is -0.377 e. The summed E-state index contributed by atoms with van der Waals surface area (Å²) in [4.78, 5) is 0. The van der Waals surface area contributed by atoms with E-state index >= 15 is 0 Å². The molecule has 1 aliphatic rings. The van der Waals surface area contributed by atoms with E-state index in [9.17, 15) is 22.0 Å². The summed E-state index contributed by atoms with van der Waals surface area (Å²) in [6.07, 6.45) is -9.53. The molecule has 1 saturated heterocycles. The topological polar surface area (TPSA) is 12.5 Å². The first-order valence-electron chi connectivity index (χ1n) is 2.37. The van der Waals surface area contributed by atoms with Gasteiger partial charge in [-0.15, -0.1) is 0 Å². The van der Waals surface area contributed by atoms with Gasteiger partial charge < -0.3 is 4.74 Å². The van der Waals surface area contributed by atoms with Gasteiger partial charge in [-0.1, -0.05) is 0 Å². The van der Waals surface area contributed by atoms with Crippen molar-refractivity contribution in [2.75, 3.05) is 13.2 Å². The molecule has 0 aromatic rings. The van der Waals surface area contributed by atoms with Crippen molar-refractivity contribution in [2.45, 2.75) is 12.6 Å². The highest BCUT2D eigenvalue weighted by atomic mass is 19.4. The van der Waals surface area contributed by atoms with E-state index in [0.717, 1.165) is 13.2 Å². The maximum Gasteiger partial charge on any atom is 0.450 e. The first kappa shape index (κ1) is 9.61. The molecule has 62 valence electrons. The molecule has 0 N–H and O–H groups in total. The lowest BCUT2D eigenvalue weighted by atomic mass is 10.7. The Bertz CT molecular complexity index is 83.4. The Morgan fingerprint density at radius 3 is 1.30 bits per heavy atom. The highest BCUT2D eigenvalue weighted by Crippen LogP contribution is 2.22. The summed E-state index contributed by atoms with van der Waals surface area (Å²) in [6.45, 7) is 2.00. The minimum atomic E-state index is -5.33. The molecule has 0 radical (unpaired) electrons. The van der Waals surface area contributed by atoms with Gasteiger partial charge >= 0.3 is 12.6 Å². The number of rotatable bonds is 0. The van der Waals surface area contributed by atoms with Crippen molar-refractivity contribution >= 4 is 0 Å². The second kappa shape index (κ2) is 3.70. The fraction of sp³-hybridized carbons (Fsp3) is 1.00. The minimum absolute atomic E-state index is 1.00. The van der Waals surface area contributed by atoms with E-state index in [1.165, 1.54) is 0 Å². The highest BCUT2D eigenvalue weighted by Gasteiger charge is 2.40. The van der Waals surface area contributed by atoms with Gasteiger partial charge in [-0.2, -0.15) is 13.2 Å². The number of hydrogen-bond donors (Lipinski definition) is 0. The number of hydrogen-bond acceptors (Lipinski definition) is 1. The van der Waals surface area contributed by atoms with Crippen molar-refractivity contribution in [2.24, 2.45) is 0 Å². The van der Waals surface area contributed by atoms with Gasteiger partial charge in [-0.05, 0) is 0 Å². The quantitative estimate of drug-likeness (QED) is 0.393. The third-order valence-electron chi connectivity index (χ3n) is 0.452. The molecule has 0 aromatic carbocycles. The van der Waals surface area contributed by atoms with E-state index in [1.54, 1.807) is 0 Å². The number of halogens is 5. The predicted octanol–water partition coefficient (Wildman–Crippen LogP) is 1.83. The van der Waals surface area contributed by atoms with Crippen molar-refractivity contribution in [1.82, 2.24) is 0 Å². The fourth-order valence-electron chi connectivity index (χ4n) is 0. The van der Waals surface area contributed by atoms with Gasteiger partial charge in [0, 0.05) is 0 Å². The zero-order chi connectivity index (χ0) is 8.20. The Balaban J connectivity index is 0.000000219. The second-order valence-corrected chi connectivity index (χ2v) is 1.45. The van der Waals surface area contributed by atoms with E-state index in [2.05, 4.69) is 4.74 Å². The highest BCUT2D eigenvalue weighted by molar-refractivity contribution is 4.48. The average molecular weight is 164 g/mol. The first-order valence-corrected chi connectivity index (χ1v) is 2.37. The standard InChI is InChI=1S/C2HF5.C2H4O/c3-1(4)2(5,6)7;1-2-3-1/h1H;1-2H2. The molecule has 0 saturated carbocycles. The molecule has 1 fully saturated rings. The second-order valence-electron chi connectivity index (χ2n) is 1.45. The predicted molar refractivity (Wildman–Crippen MR) is 22.9 cm³/mol. The summed E-state index contributed by atoms with van der Waals surface area (Å²) in [5.41, 5.74) is 0. The van der Waals surface area contributed by atoms with Crippen LogP contribution in [0, 0.1) is 0 Å². The van der Waals surface area contributed by atoms with Crippen LogP contribution in [0.2, 0.25) is 0 Å². The largest absolute Gasteiger partial charge is 0.450 e. The molecular weight excluding hydrogens is 159 g/mol. The summed E-state index contributed by atoms with van der Waals surface area (Å²) in [5.74, 6) is 0. The molecule has 0 unspecified atom stereocenters. The molecule has 1 nitrogen and oxygen atoms in total. The molecule has 0 spiro atoms. The third-order valence-corrected chi connectivity index (χ3v) is 0.452. The smallest absolute Gasteiger partial charge is 0.377 e. The van der Waals surface area contributed by atoms with Gasteiger partial charge in [0.1, 0.15) is 0 Å². The van der Waals surface area contributed by atoms with E-state index < -0.39 is 12.6 Å². The monoisotopic (exact) mass is 164 g/mol. The van der Waals surface area contributed by atoms with E-state index in [4.69, 9.17) is 0 Å². The Morgan fingerprint density at radius 1 is 1.10 bits per heavy atom. The maximum atomic E-state index is 10.4. The molecule has 6 heteroatoms. The first-order chi connectivity index (χ1) is 4.44. The van der Waals surface area contributed by atoms with Crippen LogP contribution in [0.15, 0.2) is 0 Å². The zero-order valence-electron chi connectivity index (χ0n) is 4.79. The van der Waals surface area contributed by atoms with Gasteiger partial charge in [-0.25, -0.2) is 8.78 Å². The average Bonchev–Trinajstić information content (AvgIpc) is 2.42. The van der Waals surface area contributed by atoms with Gasteiger partial charge in [0.05, 0.1) is 13.2 Å². The van der Waals surface area contributed by atoms with Gasteiger partial charge in [0.25, 0.3) is 0 Å². The molecule has 0 aromatic heterocycles. The van der Waals surface area contributed by atoms with Crippen molar-refractivity contribution in [3.05, 3.63) is 0 Å². The van der Waals surface area contributed by atoms with Crippen molar-refractivity contribution in [3.63, 3.8) is 0 Å². The maximum absolute atomic E-state index is 10.4. The molecule has 1 rings (SSSR count). The van der Waals surface area contributed by atoms with E-state index in [0.29, 0.717) is 0 Å². The van der Waals surface area contributed by atoms with Crippen LogP contribution in [0.1, 0.15) is 0 Å². The number of alkyl halides is 5. The van der Waals surface area contributed by atoms with E-state index in [-0.39, 0.29) is 0 Å². The molecule has 0 atom stereocenters. The lowest BCUT2D eigenvalue weighted by Crippen LogP contribution is -2.18. The van der Waals surface area contributed by atoms with Crippen LogP contribution < -0.4 is 0 Å². The number of epoxide rings is 1. The summed E-state index contributed by atoms with van der Waals surface area (Å²) in [6, 6.07) is 0. The van der Waals surface area contributed by atoms with Crippen LogP contribution >= 0.6 is 0 Å². The number of ether oxygens (including phenoxy) is 1. The lowest BCUT2D eigenvalue weighted by molar-refractivity contribution is -0.219. The van der Waals surface area contributed by atoms with Gasteiger partial charge in [0.2, 0.25) is 0 Å². The van der Waals surface area contributed by atoms with Crippen LogP contribution in [0.5, 0.6) is 0 Å². The Hall–Kier alpha value is -0.390. The van der Waals surface area contributed by atoms with Crippen LogP contribution in [-0.2, 0) is 4.74 Å². The summed E-state index contributed by atoms with van der Waals surface area (Å²) >= 11 is 0. The molecular formula is C4H5F5O. The Labute approximate surface area is 53.8 Å². The molecule has 0 amide bonds. The van der Waals surface area contributed by atoms with Crippen LogP contribution in [-0.4, -0.2) is 25.8 Å². The fourth-order valence-corrected chi connectivity index (χ4v) is 0. The summed E-state index contributed by atoms with van der Waals surface area (Å²) < 4.78 is 56.6. The van der Waals surface area contributed by atoms with Crippen molar-refractivity contribution in [1.29, 1.82) is 0 Å². The Morgan fingerprint density at radius 2 is 1.30 bits per heavy atom. The van der Waals surface area contributed by atoms with Crippen LogP contribution in [0.3, 0.4) is 0 Å². The SMILES string of the molecule is C1CO1.FC(F)C(F)(F)F. The van der Waals surface area contributed by atoms with Crippen LogP contribution in [0.25, 0.3) is 0 Å². The zero-order valence-corrected chi connectivity index (χ0v) is 4.79. The summed E-state index contributed by atoms with van der Waals surface area (Å²) in [7, 11) is 0. The molecule has 0 aliphatic carbocycles. The molecule has 10 heavy (non-hydrogen) atoms. The van der Waals surface area contributed by atoms with Gasteiger partial charge in [0.15, 0.2) is 0 Å². The molecule has 1 aliphatic heterocycles. The molecule has 1 heterocycles. The van der Waals surface area contributed by atoms with Crippen molar-refractivity contribution < 1.29 is 26.7 Å². The van der Waals surface area contributed by atoms with Gasteiger partial charge in [-0.3, -0.25) is 0 Å². The van der Waals surface area contributed by atoms with E-state index in [1.807, 2.05) is 0 Å². The third kappa shape index (κ3) is 7.61. The van der Waals surface area contributed by atoms with Crippen LogP contribution in [0.4, 0.5) is 22.0 Å². The normalized spacial score (nSPS) is 16.2. The summed E-state index contributed by atoms with van der Waals surface area (Å²) in [5, 5.41) is 0. The molecule has 0 bridgehead atoms.